The molecular weight excluding hydrogens is 366 g/mol. The van der Waals surface area contributed by atoms with E-state index < -0.39 is 0 Å². The van der Waals surface area contributed by atoms with E-state index in [1.807, 2.05) is 28.5 Å². The minimum absolute atomic E-state index is 0.0234. The van der Waals surface area contributed by atoms with Crippen LogP contribution in [0.4, 0.5) is 0 Å². The van der Waals surface area contributed by atoms with Crippen LogP contribution in [-0.2, 0) is 13.1 Å². The van der Waals surface area contributed by atoms with Gasteiger partial charge in [0.05, 0.1) is 6.54 Å². The Kier molecular flexibility index (Phi) is 5.54. The van der Waals surface area contributed by atoms with Gasteiger partial charge in [-0.25, -0.2) is 4.98 Å². The zero-order valence-electron chi connectivity index (χ0n) is 15.2. The number of carbonyl (C=O) groups is 1. The van der Waals surface area contributed by atoms with Crippen molar-refractivity contribution < 1.29 is 4.79 Å². The minimum atomic E-state index is -0.0234. The molecule has 2 heterocycles. The summed E-state index contributed by atoms with van der Waals surface area (Å²) in [6, 6.07) is 22.1. The van der Waals surface area contributed by atoms with Crippen LogP contribution in [0.5, 0.6) is 0 Å². The summed E-state index contributed by atoms with van der Waals surface area (Å²) in [5.41, 5.74) is 4.06. The molecular formula is C23H19N3OS. The van der Waals surface area contributed by atoms with Gasteiger partial charge in [-0.1, -0.05) is 54.6 Å². The van der Waals surface area contributed by atoms with Crippen molar-refractivity contribution in [1.82, 2.24) is 14.9 Å². The third-order valence-electron chi connectivity index (χ3n) is 4.46. The van der Waals surface area contributed by atoms with Gasteiger partial charge in [0.1, 0.15) is 5.01 Å². The summed E-state index contributed by atoms with van der Waals surface area (Å²) < 4.78 is 0. The molecule has 1 amide bonds. The highest BCUT2D eigenvalue weighted by atomic mass is 32.1. The summed E-state index contributed by atoms with van der Waals surface area (Å²) in [6.45, 7) is 1.01. The standard InChI is InChI=1S/C23H19N3OS/c27-23(21-10-12-24-13-11-21)26(17-22-25-14-15-28-22)16-18-6-8-20(9-7-18)19-4-2-1-3-5-19/h1-15H,16-17H2. The molecule has 0 spiro atoms. The molecule has 0 radical (unpaired) electrons. The molecule has 4 aromatic rings. The number of nitrogens with zero attached hydrogens (tertiary/aromatic N) is 3. The van der Waals surface area contributed by atoms with Crippen LogP contribution >= 0.6 is 11.3 Å². The smallest absolute Gasteiger partial charge is 0.254 e. The molecule has 4 nitrogen and oxygen atoms in total. The predicted molar refractivity (Wildman–Crippen MR) is 112 cm³/mol. The summed E-state index contributed by atoms with van der Waals surface area (Å²) in [5.74, 6) is -0.0234. The quantitative estimate of drug-likeness (QED) is 0.467. The highest BCUT2D eigenvalue weighted by Crippen LogP contribution is 2.21. The molecule has 0 aliphatic rings. The van der Waals surface area contributed by atoms with Gasteiger partial charge in [0.25, 0.3) is 5.91 Å². The molecule has 0 unspecified atom stereocenters. The largest absolute Gasteiger partial charge is 0.328 e. The molecule has 4 rings (SSSR count). The molecule has 0 N–H and O–H groups in total. The Bertz CT molecular complexity index is 1020. The second-order valence-electron chi connectivity index (χ2n) is 6.39. The third kappa shape index (κ3) is 4.32. The maximum absolute atomic E-state index is 13.0. The van der Waals surface area contributed by atoms with Crippen LogP contribution in [0.15, 0.2) is 90.7 Å². The average molecular weight is 385 g/mol. The summed E-state index contributed by atoms with van der Waals surface area (Å²) in [7, 11) is 0. The fraction of sp³-hybridized carbons (Fsp3) is 0.0870. The number of benzene rings is 2. The molecule has 0 saturated heterocycles. The molecule has 2 aromatic heterocycles. The maximum Gasteiger partial charge on any atom is 0.254 e. The second-order valence-corrected chi connectivity index (χ2v) is 7.37. The van der Waals surface area contributed by atoms with Gasteiger partial charge in [-0.2, -0.15) is 0 Å². The van der Waals surface area contributed by atoms with Crippen LogP contribution in [0.1, 0.15) is 20.9 Å². The van der Waals surface area contributed by atoms with Crippen LogP contribution in [0.2, 0.25) is 0 Å². The topological polar surface area (TPSA) is 46.1 Å². The van der Waals surface area contributed by atoms with Crippen LogP contribution in [0.25, 0.3) is 11.1 Å². The second kappa shape index (κ2) is 8.59. The number of aromatic nitrogens is 2. The third-order valence-corrected chi connectivity index (χ3v) is 5.22. The molecule has 0 bridgehead atoms. The van der Waals surface area contributed by atoms with Gasteiger partial charge in [-0.3, -0.25) is 9.78 Å². The lowest BCUT2D eigenvalue weighted by molar-refractivity contribution is 0.0730. The first-order chi connectivity index (χ1) is 13.8. The Morgan fingerprint density at radius 3 is 2.21 bits per heavy atom. The molecule has 2 aromatic carbocycles. The van der Waals surface area contributed by atoms with Crippen molar-refractivity contribution in [3.8, 4) is 11.1 Å². The fourth-order valence-electron chi connectivity index (χ4n) is 3.02. The lowest BCUT2D eigenvalue weighted by Crippen LogP contribution is -2.30. The van der Waals surface area contributed by atoms with Gasteiger partial charge in [-0.15, -0.1) is 11.3 Å². The molecule has 0 aliphatic heterocycles. The lowest BCUT2D eigenvalue weighted by Gasteiger charge is -2.22. The number of thiazole rings is 1. The lowest BCUT2D eigenvalue weighted by atomic mass is 10.0. The minimum Gasteiger partial charge on any atom is -0.328 e. The molecule has 138 valence electrons. The predicted octanol–water partition coefficient (Wildman–Crippen LogP) is 5.05. The number of carbonyl (C=O) groups excluding carboxylic acids is 1. The van der Waals surface area contributed by atoms with E-state index in [0.717, 1.165) is 16.1 Å². The number of hydrogen-bond acceptors (Lipinski definition) is 4. The number of pyridine rings is 1. The number of rotatable bonds is 6. The fourth-order valence-corrected chi connectivity index (χ4v) is 3.66. The van der Waals surface area contributed by atoms with E-state index in [4.69, 9.17) is 0 Å². The van der Waals surface area contributed by atoms with Crippen molar-refractivity contribution >= 4 is 17.2 Å². The Morgan fingerprint density at radius 1 is 0.821 bits per heavy atom. The van der Waals surface area contributed by atoms with Gasteiger partial charge in [0, 0.05) is 36.1 Å². The summed E-state index contributed by atoms with van der Waals surface area (Å²) >= 11 is 1.56. The molecule has 0 aliphatic carbocycles. The molecule has 0 atom stereocenters. The van der Waals surface area contributed by atoms with E-state index in [9.17, 15) is 4.79 Å². The van der Waals surface area contributed by atoms with Crippen molar-refractivity contribution in [3.05, 3.63) is 107 Å². The van der Waals surface area contributed by atoms with Crippen molar-refractivity contribution in [2.45, 2.75) is 13.1 Å². The van der Waals surface area contributed by atoms with E-state index in [-0.39, 0.29) is 5.91 Å². The van der Waals surface area contributed by atoms with E-state index >= 15 is 0 Å². The Morgan fingerprint density at radius 2 is 1.54 bits per heavy atom. The first-order valence-corrected chi connectivity index (χ1v) is 9.89. The normalized spacial score (nSPS) is 10.6. The molecule has 28 heavy (non-hydrogen) atoms. The van der Waals surface area contributed by atoms with E-state index in [2.05, 4.69) is 46.4 Å². The van der Waals surface area contributed by atoms with Crippen LogP contribution < -0.4 is 0 Å². The Balaban J connectivity index is 1.56. The zero-order valence-corrected chi connectivity index (χ0v) is 16.0. The van der Waals surface area contributed by atoms with Crippen molar-refractivity contribution in [2.75, 3.05) is 0 Å². The van der Waals surface area contributed by atoms with Gasteiger partial charge in [0.15, 0.2) is 0 Å². The van der Waals surface area contributed by atoms with Crippen molar-refractivity contribution in [1.29, 1.82) is 0 Å². The zero-order chi connectivity index (χ0) is 19.2. The van der Waals surface area contributed by atoms with Gasteiger partial charge < -0.3 is 4.90 Å². The number of hydrogen-bond donors (Lipinski definition) is 0. The SMILES string of the molecule is O=C(c1ccncc1)N(Cc1ccc(-c2ccccc2)cc1)Cc1nccs1. The molecule has 0 fully saturated rings. The number of amides is 1. The van der Waals surface area contributed by atoms with Gasteiger partial charge >= 0.3 is 0 Å². The average Bonchev–Trinajstić information content (AvgIpc) is 3.28. The van der Waals surface area contributed by atoms with Gasteiger partial charge in [-0.05, 0) is 28.8 Å². The van der Waals surface area contributed by atoms with Gasteiger partial charge in [0.2, 0.25) is 0 Å². The van der Waals surface area contributed by atoms with E-state index in [1.165, 1.54) is 5.56 Å². The Hall–Kier alpha value is -3.31. The van der Waals surface area contributed by atoms with Crippen molar-refractivity contribution in [2.24, 2.45) is 0 Å². The van der Waals surface area contributed by atoms with Crippen LogP contribution in [0, 0.1) is 0 Å². The van der Waals surface area contributed by atoms with Crippen LogP contribution in [0.3, 0.4) is 0 Å². The molecule has 0 saturated carbocycles. The summed E-state index contributed by atoms with van der Waals surface area (Å²) in [4.78, 5) is 23.2. The monoisotopic (exact) mass is 385 g/mol. The van der Waals surface area contributed by atoms with E-state index in [1.54, 1.807) is 42.1 Å². The Labute approximate surface area is 168 Å². The highest BCUT2D eigenvalue weighted by Gasteiger charge is 2.17. The first-order valence-electron chi connectivity index (χ1n) is 9.01. The molecule has 5 heteroatoms. The first kappa shape index (κ1) is 18.1. The summed E-state index contributed by atoms with van der Waals surface area (Å²) in [6.07, 6.45) is 5.05. The van der Waals surface area contributed by atoms with Crippen molar-refractivity contribution in [3.63, 3.8) is 0 Å². The summed E-state index contributed by atoms with van der Waals surface area (Å²) in [5, 5.41) is 2.85. The van der Waals surface area contributed by atoms with E-state index in [0.29, 0.717) is 18.7 Å². The highest BCUT2D eigenvalue weighted by molar-refractivity contribution is 7.09. The van der Waals surface area contributed by atoms with Crippen LogP contribution in [-0.4, -0.2) is 20.8 Å². The maximum atomic E-state index is 13.0.